The molecular weight excluding hydrogens is 362 g/mol. The largest absolute Gasteiger partial charge is 0.325 e. The molecule has 0 amide bonds. The van der Waals surface area contributed by atoms with Crippen molar-refractivity contribution in [1.82, 2.24) is 0 Å². The van der Waals surface area contributed by atoms with Crippen LogP contribution in [0.4, 0.5) is 0 Å². The van der Waals surface area contributed by atoms with Crippen LogP contribution < -0.4 is 5.73 Å². The molecule has 0 aromatic rings. The highest BCUT2D eigenvalue weighted by molar-refractivity contribution is 5.21. The number of hydrogen-bond acceptors (Lipinski definition) is 1. The summed E-state index contributed by atoms with van der Waals surface area (Å²) in [5.74, 6) is 3.44. The fourth-order valence-corrected chi connectivity index (χ4v) is 10.2. The summed E-state index contributed by atoms with van der Waals surface area (Å²) in [5.41, 5.74) is 9.06. The Morgan fingerprint density at radius 3 is 2.23 bits per heavy atom. The zero-order chi connectivity index (χ0) is 22.0. The molecule has 0 radical (unpaired) electrons. The van der Waals surface area contributed by atoms with Crippen molar-refractivity contribution in [2.45, 2.75) is 111 Å². The van der Waals surface area contributed by atoms with E-state index in [2.05, 4.69) is 53.3 Å². The maximum atomic E-state index is 7.00. The van der Waals surface area contributed by atoms with Gasteiger partial charge in [-0.05, 0) is 110 Å². The molecular formula is C29H49N. The molecule has 5 rings (SSSR count). The molecule has 5 aliphatic rings. The van der Waals surface area contributed by atoms with E-state index in [0.717, 1.165) is 23.7 Å². The van der Waals surface area contributed by atoms with E-state index in [4.69, 9.17) is 5.73 Å². The van der Waals surface area contributed by atoms with Crippen LogP contribution >= 0.6 is 0 Å². The minimum Gasteiger partial charge on any atom is -0.325 e. The lowest BCUT2D eigenvalue weighted by molar-refractivity contribution is -0.215. The van der Waals surface area contributed by atoms with Gasteiger partial charge >= 0.3 is 0 Å². The van der Waals surface area contributed by atoms with E-state index in [1.54, 1.807) is 6.08 Å². The maximum Gasteiger partial charge on any atom is 0.0185 e. The van der Waals surface area contributed by atoms with Crippen molar-refractivity contribution >= 4 is 0 Å². The molecule has 4 fully saturated rings. The fourth-order valence-electron chi connectivity index (χ4n) is 10.2. The SMILES string of the molecule is C=CC.CC1(C)C=CCC2(C)C1CCC1(C)C2CCC2[C@H]3CCCC3(N)CC[C@]21C. The highest BCUT2D eigenvalue weighted by atomic mass is 14.8. The second-order valence-electron chi connectivity index (χ2n) is 13.2. The minimum atomic E-state index is 0.185. The zero-order valence-corrected chi connectivity index (χ0v) is 20.9. The van der Waals surface area contributed by atoms with Gasteiger partial charge in [0.1, 0.15) is 0 Å². The molecule has 0 saturated heterocycles. The van der Waals surface area contributed by atoms with Gasteiger partial charge in [-0.2, -0.15) is 0 Å². The molecule has 30 heavy (non-hydrogen) atoms. The van der Waals surface area contributed by atoms with E-state index in [1.807, 2.05) is 6.92 Å². The molecule has 170 valence electrons. The molecule has 2 N–H and O–H groups in total. The molecule has 4 saturated carbocycles. The van der Waals surface area contributed by atoms with Gasteiger partial charge in [0.05, 0.1) is 0 Å². The first-order valence-electron chi connectivity index (χ1n) is 13.0. The van der Waals surface area contributed by atoms with Gasteiger partial charge in [0, 0.05) is 5.54 Å². The van der Waals surface area contributed by atoms with Crippen LogP contribution in [0.25, 0.3) is 0 Å². The summed E-state index contributed by atoms with van der Waals surface area (Å²) in [6.45, 7) is 18.4. The number of rotatable bonds is 0. The molecule has 5 aliphatic carbocycles. The van der Waals surface area contributed by atoms with Crippen molar-refractivity contribution in [2.75, 3.05) is 0 Å². The van der Waals surface area contributed by atoms with Crippen molar-refractivity contribution in [3.63, 3.8) is 0 Å². The van der Waals surface area contributed by atoms with Crippen molar-refractivity contribution in [3.8, 4) is 0 Å². The molecule has 8 atom stereocenters. The summed E-state index contributed by atoms with van der Waals surface area (Å²) in [5, 5.41) is 0. The first-order valence-corrected chi connectivity index (χ1v) is 13.0. The van der Waals surface area contributed by atoms with E-state index in [-0.39, 0.29) is 5.54 Å². The maximum absolute atomic E-state index is 7.00. The Hall–Kier alpha value is -0.560. The quantitative estimate of drug-likeness (QED) is 0.403. The van der Waals surface area contributed by atoms with Crippen LogP contribution in [0.1, 0.15) is 106 Å². The van der Waals surface area contributed by atoms with E-state index < -0.39 is 0 Å². The molecule has 0 aromatic carbocycles. The lowest BCUT2D eigenvalue weighted by Gasteiger charge is -2.71. The molecule has 0 aromatic heterocycles. The molecule has 0 aliphatic heterocycles. The first kappa shape index (κ1) is 22.6. The summed E-state index contributed by atoms with van der Waals surface area (Å²) in [6.07, 6.45) is 20.7. The third-order valence-corrected chi connectivity index (χ3v) is 11.7. The summed E-state index contributed by atoms with van der Waals surface area (Å²) in [7, 11) is 0. The Bertz CT molecular complexity index is 705. The summed E-state index contributed by atoms with van der Waals surface area (Å²) in [4.78, 5) is 0. The number of allylic oxidation sites excluding steroid dienone is 3. The Kier molecular flexibility index (Phi) is 5.45. The Labute approximate surface area is 187 Å². The van der Waals surface area contributed by atoms with Gasteiger partial charge in [-0.3, -0.25) is 0 Å². The molecule has 0 spiro atoms. The number of hydrogen-bond donors (Lipinski definition) is 1. The lowest BCUT2D eigenvalue weighted by atomic mass is 9.33. The van der Waals surface area contributed by atoms with Crippen molar-refractivity contribution in [2.24, 2.45) is 51.1 Å². The summed E-state index contributed by atoms with van der Waals surface area (Å²) in [6, 6.07) is 0. The average molecular weight is 412 g/mol. The second kappa shape index (κ2) is 7.23. The lowest BCUT2D eigenvalue weighted by Crippen LogP contribution is -2.66. The molecule has 0 bridgehead atoms. The number of fused-ring (bicyclic) bond motifs is 7. The van der Waals surface area contributed by atoms with Crippen LogP contribution in [0.5, 0.6) is 0 Å². The standard InChI is InChI=1S/C26H43N.C3H6/c1-22(2)12-7-13-23(3)20(22)11-15-25(5)21(23)10-9-18-19-8-6-14-26(19,27)17-16-24(18,25)4;1-3-2/h7,12,18-21H,6,8-11,13-17,27H2,1-5H3;3H,1H2,2H3/t18?,19-,20?,21?,23?,24-,25?,26?;/m1./s1. The van der Waals surface area contributed by atoms with Gasteiger partial charge in [0.2, 0.25) is 0 Å². The topological polar surface area (TPSA) is 26.0 Å². The number of nitrogens with two attached hydrogens (primary N) is 1. The molecule has 6 unspecified atom stereocenters. The Morgan fingerprint density at radius 1 is 0.833 bits per heavy atom. The molecule has 1 nitrogen and oxygen atoms in total. The van der Waals surface area contributed by atoms with Crippen LogP contribution in [0.2, 0.25) is 0 Å². The molecule has 0 heterocycles. The molecule has 1 heteroatoms. The van der Waals surface area contributed by atoms with Gasteiger partial charge in [-0.1, -0.05) is 59.3 Å². The van der Waals surface area contributed by atoms with Crippen molar-refractivity contribution in [3.05, 3.63) is 24.8 Å². The predicted octanol–water partition coefficient (Wildman–Crippen LogP) is 7.91. The highest BCUT2D eigenvalue weighted by Gasteiger charge is 2.68. The van der Waals surface area contributed by atoms with Crippen molar-refractivity contribution in [1.29, 1.82) is 0 Å². The normalized spacial score (nSPS) is 53.3. The van der Waals surface area contributed by atoms with Crippen LogP contribution in [-0.2, 0) is 0 Å². The summed E-state index contributed by atoms with van der Waals surface area (Å²) < 4.78 is 0. The van der Waals surface area contributed by atoms with Gasteiger partial charge in [0.15, 0.2) is 0 Å². The monoisotopic (exact) mass is 411 g/mol. The Balaban J connectivity index is 0.000000687. The fraction of sp³-hybridized carbons (Fsp3) is 0.862. The second-order valence-corrected chi connectivity index (χ2v) is 13.2. The van der Waals surface area contributed by atoms with Crippen LogP contribution in [0, 0.1) is 45.3 Å². The average Bonchev–Trinajstić information content (AvgIpc) is 3.04. The predicted molar refractivity (Wildman–Crippen MR) is 130 cm³/mol. The van der Waals surface area contributed by atoms with Gasteiger partial charge in [-0.15, -0.1) is 6.58 Å². The third-order valence-electron chi connectivity index (χ3n) is 11.7. The summed E-state index contributed by atoms with van der Waals surface area (Å²) >= 11 is 0. The van der Waals surface area contributed by atoms with Crippen LogP contribution in [0.3, 0.4) is 0 Å². The van der Waals surface area contributed by atoms with Gasteiger partial charge in [-0.25, -0.2) is 0 Å². The van der Waals surface area contributed by atoms with E-state index in [9.17, 15) is 0 Å². The van der Waals surface area contributed by atoms with Crippen LogP contribution in [-0.4, -0.2) is 5.54 Å². The Morgan fingerprint density at radius 2 is 1.53 bits per heavy atom. The minimum absolute atomic E-state index is 0.185. The highest BCUT2D eigenvalue weighted by Crippen LogP contribution is 2.75. The smallest absolute Gasteiger partial charge is 0.0185 e. The van der Waals surface area contributed by atoms with E-state index in [0.29, 0.717) is 21.7 Å². The van der Waals surface area contributed by atoms with Gasteiger partial charge in [0.25, 0.3) is 0 Å². The zero-order valence-electron chi connectivity index (χ0n) is 20.9. The first-order chi connectivity index (χ1) is 14.0. The third kappa shape index (κ3) is 2.89. The van der Waals surface area contributed by atoms with E-state index >= 15 is 0 Å². The van der Waals surface area contributed by atoms with Crippen LogP contribution in [0.15, 0.2) is 24.8 Å². The van der Waals surface area contributed by atoms with E-state index in [1.165, 1.54) is 64.2 Å². The van der Waals surface area contributed by atoms with Gasteiger partial charge < -0.3 is 5.73 Å². The van der Waals surface area contributed by atoms with Crippen molar-refractivity contribution < 1.29 is 0 Å².